The topological polar surface area (TPSA) is 41.9 Å². The number of nitrogens with zero attached hydrogens (tertiary/aromatic N) is 4. The number of fused-ring (bicyclic) bond motifs is 2. The van der Waals surface area contributed by atoms with Crippen molar-refractivity contribution < 1.29 is 0 Å². The zero-order valence-electron chi connectivity index (χ0n) is 17.8. The summed E-state index contributed by atoms with van der Waals surface area (Å²) in [5.41, 5.74) is 3.14. The highest BCUT2D eigenvalue weighted by molar-refractivity contribution is 6.21. The molecule has 4 nitrogen and oxygen atoms in total. The Balaban J connectivity index is 1.78. The molecule has 0 amide bonds. The molecule has 0 fully saturated rings. The van der Waals surface area contributed by atoms with Crippen LogP contribution in [-0.2, 0) is 0 Å². The molecule has 3 heterocycles. The minimum absolute atomic E-state index is 0.817. The lowest BCUT2D eigenvalue weighted by molar-refractivity contribution is 1.14. The van der Waals surface area contributed by atoms with E-state index in [9.17, 15) is 0 Å². The van der Waals surface area contributed by atoms with E-state index in [1.54, 1.807) is 0 Å². The van der Waals surface area contributed by atoms with Crippen LogP contribution < -0.4 is 4.90 Å². The zero-order chi connectivity index (χ0) is 22.0. The van der Waals surface area contributed by atoms with Gasteiger partial charge in [0.15, 0.2) is 0 Å². The van der Waals surface area contributed by atoms with Crippen molar-refractivity contribution in [3.63, 3.8) is 0 Å². The van der Waals surface area contributed by atoms with Gasteiger partial charge in [0, 0.05) is 34.9 Å². The number of pyridine rings is 3. The zero-order valence-corrected chi connectivity index (χ0v) is 17.8. The Morgan fingerprint density at radius 3 is 1.33 bits per heavy atom. The average molecular weight is 425 g/mol. The van der Waals surface area contributed by atoms with Gasteiger partial charge in [-0.1, -0.05) is 66.7 Å². The largest absolute Gasteiger partial charge is 0.278 e. The number of benzene rings is 3. The van der Waals surface area contributed by atoms with Crippen LogP contribution in [-0.4, -0.2) is 15.0 Å². The lowest BCUT2D eigenvalue weighted by atomic mass is 9.92. The van der Waals surface area contributed by atoms with Crippen LogP contribution in [0.25, 0.3) is 32.8 Å². The predicted octanol–water partition coefficient (Wildman–Crippen LogP) is 7.31. The van der Waals surface area contributed by atoms with E-state index in [4.69, 9.17) is 15.0 Å². The van der Waals surface area contributed by atoms with Crippen LogP contribution in [0.3, 0.4) is 0 Å². The van der Waals surface area contributed by atoms with E-state index < -0.39 is 0 Å². The molecule has 3 aromatic heterocycles. The summed E-state index contributed by atoms with van der Waals surface area (Å²) < 4.78 is 0. The minimum Gasteiger partial charge on any atom is -0.278 e. The van der Waals surface area contributed by atoms with Crippen molar-refractivity contribution >= 4 is 38.9 Å². The fraction of sp³-hybridized carbons (Fsp3) is 0. The van der Waals surface area contributed by atoms with Crippen molar-refractivity contribution in [2.75, 3.05) is 4.90 Å². The molecule has 0 aliphatic heterocycles. The smallest absolute Gasteiger partial charge is 0.138 e. The third-order valence-electron chi connectivity index (χ3n) is 5.80. The molecule has 3 aromatic carbocycles. The highest BCUT2D eigenvalue weighted by atomic mass is 15.2. The van der Waals surface area contributed by atoms with Crippen molar-refractivity contribution in [1.82, 2.24) is 15.0 Å². The van der Waals surface area contributed by atoms with Gasteiger partial charge in [0.1, 0.15) is 11.6 Å². The summed E-state index contributed by atoms with van der Waals surface area (Å²) >= 11 is 0. The maximum Gasteiger partial charge on any atom is 0.138 e. The van der Waals surface area contributed by atoms with Crippen LogP contribution in [0.4, 0.5) is 17.3 Å². The summed E-state index contributed by atoms with van der Waals surface area (Å²) in [6.45, 7) is 0. The van der Waals surface area contributed by atoms with Crippen LogP contribution in [0, 0.1) is 0 Å². The molecule has 0 atom stereocenters. The second kappa shape index (κ2) is 8.17. The van der Waals surface area contributed by atoms with Crippen LogP contribution in [0.1, 0.15) is 0 Å². The third-order valence-corrected chi connectivity index (χ3v) is 5.80. The van der Waals surface area contributed by atoms with E-state index in [0.717, 1.165) is 50.1 Å². The summed E-state index contributed by atoms with van der Waals surface area (Å²) in [4.78, 5) is 16.2. The summed E-state index contributed by atoms with van der Waals surface area (Å²) in [5, 5.41) is 4.52. The summed E-state index contributed by atoms with van der Waals surface area (Å²) in [6.07, 6.45) is 5.48. The van der Waals surface area contributed by atoms with Gasteiger partial charge >= 0.3 is 0 Å². The summed E-state index contributed by atoms with van der Waals surface area (Å²) in [6, 6.07) is 35.0. The van der Waals surface area contributed by atoms with Gasteiger partial charge in [-0.15, -0.1) is 0 Å². The lowest BCUT2D eigenvalue weighted by Crippen LogP contribution is -2.14. The van der Waals surface area contributed by atoms with Gasteiger partial charge in [0.2, 0.25) is 0 Å². The van der Waals surface area contributed by atoms with Crippen LogP contribution in [0.15, 0.2) is 122 Å². The van der Waals surface area contributed by atoms with Gasteiger partial charge < -0.3 is 0 Å². The molecule has 4 heteroatoms. The van der Waals surface area contributed by atoms with Crippen molar-refractivity contribution in [3.8, 4) is 11.3 Å². The predicted molar refractivity (Wildman–Crippen MR) is 135 cm³/mol. The van der Waals surface area contributed by atoms with E-state index in [1.807, 2.05) is 67.1 Å². The van der Waals surface area contributed by atoms with E-state index in [2.05, 4.69) is 59.5 Å². The Morgan fingerprint density at radius 1 is 0.424 bits per heavy atom. The van der Waals surface area contributed by atoms with Gasteiger partial charge in [-0.05, 0) is 47.2 Å². The standard InChI is InChI=1S/C29H20N4/c1-3-13-23-21(11-1)28(25-15-5-8-18-30-25)22-12-2-4-14-24(22)29(23)33(26-16-6-9-19-31-26)27-17-7-10-20-32-27/h1-20H. The number of hydrogen-bond donors (Lipinski definition) is 0. The first-order valence-electron chi connectivity index (χ1n) is 10.9. The molecule has 0 N–H and O–H groups in total. The molecule has 0 saturated heterocycles. The fourth-order valence-electron chi connectivity index (χ4n) is 4.45. The molecular weight excluding hydrogens is 404 g/mol. The Bertz CT molecular complexity index is 1450. The molecule has 156 valence electrons. The molecule has 0 aliphatic rings. The lowest BCUT2D eigenvalue weighted by Gasteiger charge is -2.27. The Morgan fingerprint density at radius 2 is 0.879 bits per heavy atom. The second-order valence-corrected chi connectivity index (χ2v) is 7.74. The van der Waals surface area contributed by atoms with Crippen molar-refractivity contribution in [3.05, 3.63) is 122 Å². The quantitative estimate of drug-likeness (QED) is 0.278. The average Bonchev–Trinajstić information content (AvgIpc) is 2.90. The normalized spacial score (nSPS) is 11.0. The summed E-state index contributed by atoms with van der Waals surface area (Å²) in [7, 11) is 0. The molecular formula is C29H20N4. The van der Waals surface area contributed by atoms with Crippen LogP contribution in [0.5, 0.6) is 0 Å². The number of aromatic nitrogens is 3. The third kappa shape index (κ3) is 3.29. The van der Waals surface area contributed by atoms with E-state index in [0.29, 0.717) is 0 Å². The molecule has 33 heavy (non-hydrogen) atoms. The first kappa shape index (κ1) is 19.1. The van der Waals surface area contributed by atoms with Gasteiger partial charge in [0.05, 0.1) is 11.4 Å². The minimum atomic E-state index is 0.817. The van der Waals surface area contributed by atoms with Crippen LogP contribution >= 0.6 is 0 Å². The summed E-state index contributed by atoms with van der Waals surface area (Å²) in [5.74, 6) is 1.63. The van der Waals surface area contributed by atoms with Gasteiger partial charge in [0.25, 0.3) is 0 Å². The molecule has 0 saturated carbocycles. The molecule has 6 aromatic rings. The highest BCUT2D eigenvalue weighted by Crippen LogP contribution is 2.46. The van der Waals surface area contributed by atoms with Crippen LogP contribution in [0.2, 0.25) is 0 Å². The van der Waals surface area contributed by atoms with E-state index >= 15 is 0 Å². The molecule has 6 rings (SSSR count). The number of rotatable bonds is 4. The molecule has 0 bridgehead atoms. The highest BCUT2D eigenvalue weighted by Gasteiger charge is 2.23. The Hall–Kier alpha value is -4.57. The van der Waals surface area contributed by atoms with Crippen molar-refractivity contribution in [2.45, 2.75) is 0 Å². The van der Waals surface area contributed by atoms with Gasteiger partial charge in [-0.25, -0.2) is 9.97 Å². The van der Waals surface area contributed by atoms with Gasteiger partial charge in [-0.2, -0.15) is 0 Å². The molecule has 0 spiro atoms. The maximum atomic E-state index is 4.70. The number of anilines is 3. The molecule has 0 unspecified atom stereocenters. The van der Waals surface area contributed by atoms with Gasteiger partial charge in [-0.3, -0.25) is 9.88 Å². The SMILES string of the molecule is c1ccc(-c2c3ccccc3c(N(c3ccccn3)c3ccccn3)c3ccccc23)nc1. The molecule has 0 radical (unpaired) electrons. The Kier molecular flexibility index (Phi) is 4.74. The van der Waals surface area contributed by atoms with Crippen molar-refractivity contribution in [2.24, 2.45) is 0 Å². The first-order chi connectivity index (χ1) is 16.4. The van der Waals surface area contributed by atoms with E-state index in [-0.39, 0.29) is 0 Å². The Labute approximate surface area is 191 Å². The second-order valence-electron chi connectivity index (χ2n) is 7.74. The number of hydrogen-bond acceptors (Lipinski definition) is 4. The monoisotopic (exact) mass is 424 g/mol. The maximum absolute atomic E-state index is 4.70. The fourth-order valence-corrected chi connectivity index (χ4v) is 4.45. The molecule has 0 aliphatic carbocycles. The first-order valence-corrected chi connectivity index (χ1v) is 10.9. The van der Waals surface area contributed by atoms with Crippen molar-refractivity contribution in [1.29, 1.82) is 0 Å². The van der Waals surface area contributed by atoms with E-state index in [1.165, 1.54) is 0 Å².